The van der Waals surface area contributed by atoms with Crippen LogP contribution in [0.3, 0.4) is 0 Å². The SMILES string of the molecule is CCCCCCOCC(O)COc1ccccc1C(=O)[O-].[Na+]. The molecule has 0 spiro atoms. The van der Waals surface area contributed by atoms with Crippen molar-refractivity contribution in [1.29, 1.82) is 0 Å². The van der Waals surface area contributed by atoms with Gasteiger partial charge in [0.2, 0.25) is 0 Å². The zero-order chi connectivity index (χ0) is 15.5. The summed E-state index contributed by atoms with van der Waals surface area (Å²) in [4.78, 5) is 10.9. The van der Waals surface area contributed by atoms with Crippen molar-refractivity contribution in [2.75, 3.05) is 19.8 Å². The first kappa shape index (κ1) is 21.4. The first-order chi connectivity index (χ1) is 10.1. The quantitative estimate of drug-likeness (QED) is 0.392. The average Bonchev–Trinajstić information content (AvgIpc) is 2.49. The number of carbonyl (C=O) groups excluding carboxylic acids is 1. The van der Waals surface area contributed by atoms with Gasteiger partial charge in [0, 0.05) is 12.2 Å². The summed E-state index contributed by atoms with van der Waals surface area (Å²) in [6.45, 7) is 2.93. The minimum Gasteiger partial charge on any atom is -0.545 e. The molecule has 1 unspecified atom stereocenters. The summed E-state index contributed by atoms with van der Waals surface area (Å²) in [5.74, 6) is -1.10. The van der Waals surface area contributed by atoms with Crippen molar-refractivity contribution >= 4 is 5.97 Å². The van der Waals surface area contributed by atoms with Crippen LogP contribution in [-0.2, 0) is 4.74 Å². The molecule has 5 nitrogen and oxygen atoms in total. The molecule has 118 valence electrons. The minimum atomic E-state index is -1.30. The molecule has 0 saturated carbocycles. The Bertz CT molecular complexity index is 425. The van der Waals surface area contributed by atoms with Gasteiger partial charge in [-0.25, -0.2) is 0 Å². The Morgan fingerprint density at radius 2 is 1.95 bits per heavy atom. The molecule has 1 N–H and O–H groups in total. The fourth-order valence-electron chi connectivity index (χ4n) is 1.85. The number of carbonyl (C=O) groups is 1. The normalized spacial score (nSPS) is 11.5. The predicted octanol–water partition coefficient (Wildman–Crippen LogP) is -1.61. The third kappa shape index (κ3) is 8.76. The molecule has 1 rings (SSSR count). The molecule has 0 aliphatic rings. The van der Waals surface area contributed by atoms with Gasteiger partial charge in [0.1, 0.15) is 18.5 Å². The van der Waals surface area contributed by atoms with E-state index in [-0.39, 0.29) is 54.1 Å². The largest absolute Gasteiger partial charge is 1.00 e. The van der Waals surface area contributed by atoms with E-state index in [1.54, 1.807) is 12.1 Å². The van der Waals surface area contributed by atoms with E-state index >= 15 is 0 Å². The summed E-state index contributed by atoms with van der Waals surface area (Å²) < 4.78 is 10.7. The third-order valence-electron chi connectivity index (χ3n) is 2.99. The van der Waals surface area contributed by atoms with Crippen LogP contribution >= 0.6 is 0 Å². The summed E-state index contributed by atoms with van der Waals surface area (Å²) in [5.41, 5.74) is -0.0230. The van der Waals surface area contributed by atoms with E-state index in [1.807, 2.05) is 0 Å². The maximum Gasteiger partial charge on any atom is 1.00 e. The van der Waals surface area contributed by atoms with Crippen LogP contribution in [-0.4, -0.2) is 37.0 Å². The van der Waals surface area contributed by atoms with Crippen LogP contribution < -0.4 is 39.4 Å². The molecule has 1 aromatic carbocycles. The number of carboxylic acid groups (broad SMARTS) is 1. The number of unbranched alkanes of at least 4 members (excludes halogenated alkanes) is 3. The fraction of sp³-hybridized carbons (Fsp3) is 0.562. The zero-order valence-corrected chi connectivity index (χ0v) is 15.4. The van der Waals surface area contributed by atoms with Crippen LogP contribution in [0.4, 0.5) is 0 Å². The van der Waals surface area contributed by atoms with Gasteiger partial charge in [-0.1, -0.05) is 38.3 Å². The Kier molecular flexibility index (Phi) is 12.6. The monoisotopic (exact) mass is 318 g/mol. The smallest absolute Gasteiger partial charge is 0.545 e. The summed E-state index contributed by atoms with van der Waals surface area (Å²) in [6, 6.07) is 6.19. The van der Waals surface area contributed by atoms with Gasteiger partial charge >= 0.3 is 29.6 Å². The summed E-state index contributed by atoms with van der Waals surface area (Å²) in [6.07, 6.45) is 3.69. The third-order valence-corrected chi connectivity index (χ3v) is 2.99. The van der Waals surface area contributed by atoms with E-state index in [2.05, 4.69) is 6.92 Å². The Labute approximate surface area is 153 Å². The van der Waals surface area contributed by atoms with Crippen molar-refractivity contribution in [2.45, 2.75) is 38.7 Å². The molecule has 6 heteroatoms. The van der Waals surface area contributed by atoms with Gasteiger partial charge in [-0.05, 0) is 18.6 Å². The summed E-state index contributed by atoms with van der Waals surface area (Å²) >= 11 is 0. The number of hydrogen-bond donors (Lipinski definition) is 1. The second-order valence-corrected chi connectivity index (χ2v) is 4.88. The number of ether oxygens (including phenoxy) is 2. The van der Waals surface area contributed by atoms with Crippen molar-refractivity contribution in [1.82, 2.24) is 0 Å². The van der Waals surface area contributed by atoms with Crippen molar-refractivity contribution in [3.8, 4) is 5.75 Å². The molecule has 0 heterocycles. The zero-order valence-electron chi connectivity index (χ0n) is 13.4. The van der Waals surface area contributed by atoms with E-state index in [0.29, 0.717) is 6.61 Å². The minimum absolute atomic E-state index is 0. The molecular weight excluding hydrogens is 295 g/mol. The van der Waals surface area contributed by atoms with E-state index < -0.39 is 12.1 Å². The standard InChI is InChI=1S/C16H24O5.Na/c1-2-3-4-7-10-20-11-13(17)12-21-15-9-6-5-8-14(15)16(18)19;/h5-6,8-9,13,17H,2-4,7,10-12H2,1H3,(H,18,19);/q;+1/p-1. The topological polar surface area (TPSA) is 78.8 Å². The van der Waals surface area contributed by atoms with Crippen molar-refractivity contribution in [3.05, 3.63) is 29.8 Å². The molecule has 0 aromatic heterocycles. The van der Waals surface area contributed by atoms with Gasteiger partial charge < -0.3 is 24.5 Å². The molecule has 0 radical (unpaired) electrons. The molecule has 0 aliphatic heterocycles. The molecule has 0 bridgehead atoms. The van der Waals surface area contributed by atoms with E-state index in [1.165, 1.54) is 25.0 Å². The molecule has 0 amide bonds. The molecule has 1 aromatic rings. The Morgan fingerprint density at radius 1 is 1.23 bits per heavy atom. The maximum atomic E-state index is 10.9. The fourth-order valence-corrected chi connectivity index (χ4v) is 1.85. The van der Waals surface area contributed by atoms with E-state index in [4.69, 9.17) is 9.47 Å². The number of aliphatic hydroxyl groups excluding tert-OH is 1. The summed E-state index contributed by atoms with van der Waals surface area (Å²) in [5, 5.41) is 20.6. The molecule has 1 atom stereocenters. The van der Waals surface area contributed by atoms with Crippen molar-refractivity contribution in [2.24, 2.45) is 0 Å². The number of para-hydroxylation sites is 1. The van der Waals surface area contributed by atoms with Gasteiger partial charge in [0.05, 0.1) is 12.6 Å². The number of benzene rings is 1. The maximum absolute atomic E-state index is 10.9. The molecule has 0 aliphatic carbocycles. The van der Waals surface area contributed by atoms with Crippen molar-refractivity contribution in [3.63, 3.8) is 0 Å². The van der Waals surface area contributed by atoms with Gasteiger partial charge in [-0.2, -0.15) is 0 Å². The number of aliphatic hydroxyl groups is 1. The first-order valence-corrected chi connectivity index (χ1v) is 7.34. The second-order valence-electron chi connectivity index (χ2n) is 4.88. The number of carboxylic acids is 1. The Morgan fingerprint density at radius 3 is 2.64 bits per heavy atom. The Balaban J connectivity index is 0.00000441. The number of hydrogen-bond acceptors (Lipinski definition) is 5. The Hall–Kier alpha value is -0.590. The van der Waals surface area contributed by atoms with Crippen LogP contribution in [0.25, 0.3) is 0 Å². The van der Waals surface area contributed by atoms with Crippen molar-refractivity contribution < 1.29 is 54.0 Å². The second kappa shape index (κ2) is 12.9. The average molecular weight is 318 g/mol. The van der Waals surface area contributed by atoms with Crippen LogP contribution in [0.1, 0.15) is 43.0 Å². The first-order valence-electron chi connectivity index (χ1n) is 7.34. The molecule has 22 heavy (non-hydrogen) atoms. The number of aromatic carboxylic acids is 1. The molecule has 0 fully saturated rings. The van der Waals surface area contributed by atoms with Crippen LogP contribution in [0, 0.1) is 0 Å². The molecular formula is C16H23NaO5. The van der Waals surface area contributed by atoms with E-state index in [0.717, 1.165) is 12.8 Å². The van der Waals surface area contributed by atoms with Gasteiger partial charge in [-0.15, -0.1) is 0 Å². The molecule has 0 saturated heterocycles. The number of rotatable bonds is 11. The predicted molar refractivity (Wildman–Crippen MR) is 77.2 cm³/mol. The van der Waals surface area contributed by atoms with Gasteiger partial charge in [0.25, 0.3) is 0 Å². The van der Waals surface area contributed by atoms with E-state index in [9.17, 15) is 15.0 Å². The van der Waals surface area contributed by atoms with Crippen LogP contribution in [0.15, 0.2) is 24.3 Å². The van der Waals surface area contributed by atoms with Gasteiger partial charge in [0.15, 0.2) is 0 Å². The van der Waals surface area contributed by atoms with Crippen LogP contribution in [0.2, 0.25) is 0 Å². The van der Waals surface area contributed by atoms with Gasteiger partial charge in [-0.3, -0.25) is 0 Å². The van der Waals surface area contributed by atoms with Crippen LogP contribution in [0.5, 0.6) is 5.75 Å². The summed E-state index contributed by atoms with van der Waals surface area (Å²) in [7, 11) is 0.